The zero-order valence-corrected chi connectivity index (χ0v) is 10.4. The number of hydrogen-bond acceptors (Lipinski definition) is 1. The molecule has 0 saturated heterocycles. The minimum absolute atomic E-state index is 0.384. The molecule has 0 unspecified atom stereocenters. The third-order valence-corrected chi connectivity index (χ3v) is 3.56. The van der Waals surface area contributed by atoms with Crippen LogP contribution < -0.4 is 0 Å². The number of rotatable bonds is 2. The Labute approximate surface area is 111 Å². The molecule has 96 valence electrons. The molecule has 0 bridgehead atoms. The lowest BCUT2D eigenvalue weighted by molar-refractivity contribution is -0.00419. The van der Waals surface area contributed by atoms with E-state index < -0.39 is 5.91 Å². The van der Waals surface area contributed by atoms with Crippen molar-refractivity contribution in [2.45, 2.75) is 18.9 Å². The van der Waals surface area contributed by atoms with Gasteiger partial charge in [-0.05, 0) is 36.1 Å². The zero-order valence-electron chi connectivity index (χ0n) is 10.4. The van der Waals surface area contributed by atoms with E-state index in [1.807, 2.05) is 30.3 Å². The third-order valence-electron chi connectivity index (χ3n) is 3.56. The molecule has 3 heteroatoms. The van der Waals surface area contributed by atoms with Gasteiger partial charge in [-0.25, -0.2) is 0 Å². The van der Waals surface area contributed by atoms with Gasteiger partial charge in [-0.1, -0.05) is 46.9 Å². The number of nitrogens with zero attached hydrogens (tertiary/aromatic N) is 1. The SMILES string of the molecule is O=C(c1ccccc1)N(F)C1Cc2ccccc2C1. The first kappa shape index (κ1) is 11.9. The molecule has 0 heterocycles. The molecular formula is C16H14FNO. The van der Waals surface area contributed by atoms with Crippen LogP contribution in [0.1, 0.15) is 21.5 Å². The Hall–Kier alpha value is -2.16. The van der Waals surface area contributed by atoms with E-state index >= 15 is 0 Å². The van der Waals surface area contributed by atoms with Crippen molar-refractivity contribution in [1.29, 1.82) is 0 Å². The molecule has 3 rings (SSSR count). The van der Waals surface area contributed by atoms with Crippen molar-refractivity contribution in [2.75, 3.05) is 0 Å². The van der Waals surface area contributed by atoms with E-state index in [9.17, 15) is 9.28 Å². The van der Waals surface area contributed by atoms with Crippen LogP contribution in [0, 0.1) is 0 Å². The molecule has 0 fully saturated rings. The predicted octanol–water partition coefficient (Wildman–Crippen LogP) is 3.18. The van der Waals surface area contributed by atoms with Crippen LogP contribution in [-0.2, 0) is 12.8 Å². The fourth-order valence-corrected chi connectivity index (χ4v) is 2.57. The zero-order chi connectivity index (χ0) is 13.2. The van der Waals surface area contributed by atoms with Gasteiger partial charge in [0, 0.05) is 5.56 Å². The molecule has 1 aliphatic carbocycles. The van der Waals surface area contributed by atoms with E-state index in [0.29, 0.717) is 23.5 Å². The lowest BCUT2D eigenvalue weighted by Crippen LogP contribution is -2.34. The monoisotopic (exact) mass is 255 g/mol. The largest absolute Gasteiger partial charge is 0.281 e. The summed E-state index contributed by atoms with van der Waals surface area (Å²) in [7, 11) is 0. The van der Waals surface area contributed by atoms with Crippen molar-refractivity contribution in [2.24, 2.45) is 0 Å². The van der Waals surface area contributed by atoms with E-state index in [2.05, 4.69) is 0 Å². The van der Waals surface area contributed by atoms with Crippen LogP contribution in [0.15, 0.2) is 54.6 Å². The maximum Gasteiger partial charge on any atom is 0.281 e. The Balaban J connectivity index is 1.77. The lowest BCUT2D eigenvalue weighted by atomic mass is 10.1. The highest BCUT2D eigenvalue weighted by Crippen LogP contribution is 2.26. The van der Waals surface area contributed by atoms with Gasteiger partial charge < -0.3 is 0 Å². The van der Waals surface area contributed by atoms with Gasteiger partial charge in [0.05, 0.1) is 6.04 Å². The number of carbonyl (C=O) groups is 1. The molecule has 0 aliphatic heterocycles. The molecule has 2 aromatic carbocycles. The number of amides is 1. The molecule has 0 N–H and O–H groups in total. The second-order valence-corrected chi connectivity index (χ2v) is 4.81. The van der Waals surface area contributed by atoms with Crippen LogP contribution in [0.5, 0.6) is 0 Å². The van der Waals surface area contributed by atoms with Gasteiger partial charge in [0.25, 0.3) is 5.91 Å². The highest BCUT2D eigenvalue weighted by atomic mass is 19.2. The van der Waals surface area contributed by atoms with E-state index in [-0.39, 0.29) is 6.04 Å². The van der Waals surface area contributed by atoms with E-state index in [1.165, 1.54) is 0 Å². The second kappa shape index (κ2) is 4.84. The highest BCUT2D eigenvalue weighted by Gasteiger charge is 2.30. The van der Waals surface area contributed by atoms with Crippen LogP contribution in [0.25, 0.3) is 0 Å². The molecule has 0 spiro atoms. The fraction of sp³-hybridized carbons (Fsp3) is 0.188. The van der Waals surface area contributed by atoms with Crippen molar-refractivity contribution in [1.82, 2.24) is 5.12 Å². The summed E-state index contributed by atoms with van der Waals surface area (Å²) in [6.07, 6.45) is 1.18. The Morgan fingerprint density at radius 1 is 0.947 bits per heavy atom. The average Bonchev–Trinajstić information content (AvgIpc) is 2.90. The Morgan fingerprint density at radius 3 is 2.05 bits per heavy atom. The maximum absolute atomic E-state index is 14.2. The summed E-state index contributed by atoms with van der Waals surface area (Å²) in [6.45, 7) is 0. The summed E-state index contributed by atoms with van der Waals surface area (Å²) in [4.78, 5) is 12.0. The number of carbonyl (C=O) groups excluding carboxylic acids is 1. The normalized spacial score (nSPS) is 14.2. The standard InChI is InChI=1S/C16H14FNO/c17-18(16(19)12-6-2-1-3-7-12)15-10-13-8-4-5-9-14(13)11-15/h1-9,15H,10-11H2. The van der Waals surface area contributed by atoms with Crippen molar-refractivity contribution >= 4 is 5.91 Å². The quantitative estimate of drug-likeness (QED) is 0.755. The van der Waals surface area contributed by atoms with Crippen LogP contribution in [-0.4, -0.2) is 17.1 Å². The molecule has 0 radical (unpaired) electrons. The topological polar surface area (TPSA) is 20.3 Å². The van der Waals surface area contributed by atoms with Crippen molar-refractivity contribution in [3.8, 4) is 0 Å². The Kier molecular flexibility index (Phi) is 3.03. The van der Waals surface area contributed by atoms with Gasteiger partial charge in [-0.15, -0.1) is 0 Å². The number of benzene rings is 2. The van der Waals surface area contributed by atoms with Crippen LogP contribution in [0.2, 0.25) is 0 Å². The van der Waals surface area contributed by atoms with Gasteiger partial charge >= 0.3 is 0 Å². The average molecular weight is 255 g/mol. The summed E-state index contributed by atoms with van der Waals surface area (Å²) in [5.41, 5.74) is 2.66. The molecule has 0 aromatic heterocycles. The van der Waals surface area contributed by atoms with Crippen molar-refractivity contribution < 1.29 is 9.28 Å². The first-order valence-electron chi connectivity index (χ1n) is 6.37. The molecule has 2 aromatic rings. The summed E-state index contributed by atoms with van der Waals surface area (Å²) in [5, 5.41) is 0.384. The lowest BCUT2D eigenvalue weighted by Gasteiger charge is -2.18. The van der Waals surface area contributed by atoms with Gasteiger partial charge in [-0.3, -0.25) is 4.79 Å². The second-order valence-electron chi connectivity index (χ2n) is 4.81. The van der Waals surface area contributed by atoms with Crippen LogP contribution >= 0.6 is 0 Å². The summed E-state index contributed by atoms with van der Waals surface area (Å²) in [5.74, 6) is -0.557. The molecule has 19 heavy (non-hydrogen) atoms. The Bertz CT molecular complexity index is 572. The van der Waals surface area contributed by atoms with E-state index in [1.54, 1.807) is 24.3 Å². The minimum Gasteiger partial charge on any atom is -0.266 e. The molecule has 0 saturated carbocycles. The Morgan fingerprint density at radius 2 is 1.47 bits per heavy atom. The van der Waals surface area contributed by atoms with E-state index in [4.69, 9.17) is 0 Å². The smallest absolute Gasteiger partial charge is 0.266 e. The summed E-state index contributed by atoms with van der Waals surface area (Å²) in [6, 6.07) is 16.1. The number of halogens is 1. The number of fused-ring (bicyclic) bond motifs is 1. The molecule has 1 amide bonds. The molecule has 2 nitrogen and oxygen atoms in total. The fourth-order valence-electron chi connectivity index (χ4n) is 2.57. The first-order chi connectivity index (χ1) is 9.25. The van der Waals surface area contributed by atoms with Gasteiger partial charge in [0.1, 0.15) is 0 Å². The third kappa shape index (κ3) is 2.24. The summed E-state index contributed by atoms with van der Waals surface area (Å²) >= 11 is 0. The van der Waals surface area contributed by atoms with Crippen molar-refractivity contribution in [3.05, 3.63) is 71.3 Å². The number of hydrogen-bond donors (Lipinski definition) is 0. The van der Waals surface area contributed by atoms with E-state index in [0.717, 1.165) is 11.1 Å². The predicted molar refractivity (Wildman–Crippen MR) is 71.4 cm³/mol. The molecule has 0 atom stereocenters. The molecular weight excluding hydrogens is 241 g/mol. The first-order valence-corrected chi connectivity index (χ1v) is 6.37. The van der Waals surface area contributed by atoms with Gasteiger partial charge in [0.2, 0.25) is 0 Å². The summed E-state index contributed by atoms with van der Waals surface area (Å²) < 4.78 is 14.2. The van der Waals surface area contributed by atoms with Crippen LogP contribution in [0.3, 0.4) is 0 Å². The molecule has 1 aliphatic rings. The van der Waals surface area contributed by atoms with Crippen molar-refractivity contribution in [3.63, 3.8) is 0 Å². The highest BCUT2D eigenvalue weighted by molar-refractivity contribution is 5.93. The van der Waals surface area contributed by atoms with Gasteiger partial charge in [0.15, 0.2) is 0 Å². The van der Waals surface area contributed by atoms with Gasteiger partial charge in [-0.2, -0.15) is 5.12 Å². The minimum atomic E-state index is -0.557. The maximum atomic E-state index is 14.2. The van der Waals surface area contributed by atoms with Crippen LogP contribution in [0.4, 0.5) is 4.48 Å².